The molecular formula is C14H16FN3O. The molecule has 1 aromatic heterocycles. The van der Waals surface area contributed by atoms with E-state index in [9.17, 15) is 4.39 Å². The Kier molecular flexibility index (Phi) is 4.28. The van der Waals surface area contributed by atoms with Crippen LogP contribution in [0.15, 0.2) is 30.6 Å². The summed E-state index contributed by atoms with van der Waals surface area (Å²) in [5.41, 5.74) is 0.983. The molecule has 0 aliphatic carbocycles. The van der Waals surface area contributed by atoms with Crippen LogP contribution in [0.4, 0.5) is 10.2 Å². The fourth-order valence-electron chi connectivity index (χ4n) is 1.68. The molecule has 0 atom stereocenters. The molecule has 1 aromatic carbocycles. The monoisotopic (exact) mass is 261 g/mol. The number of nitrogens with zero attached hydrogens (tertiary/aromatic N) is 2. The zero-order chi connectivity index (χ0) is 13.7. The lowest BCUT2D eigenvalue weighted by Gasteiger charge is -2.07. The minimum atomic E-state index is -0.362. The average Bonchev–Trinajstić information content (AvgIpc) is 2.45. The van der Waals surface area contributed by atoms with Crippen molar-refractivity contribution in [1.82, 2.24) is 9.97 Å². The zero-order valence-corrected chi connectivity index (χ0v) is 11.0. The Balaban J connectivity index is 2.30. The van der Waals surface area contributed by atoms with Gasteiger partial charge >= 0.3 is 0 Å². The predicted molar refractivity (Wildman–Crippen MR) is 72.8 cm³/mol. The van der Waals surface area contributed by atoms with Crippen molar-refractivity contribution in [2.24, 2.45) is 0 Å². The van der Waals surface area contributed by atoms with E-state index in [4.69, 9.17) is 4.74 Å². The Morgan fingerprint density at radius 3 is 2.79 bits per heavy atom. The van der Waals surface area contributed by atoms with Gasteiger partial charge in [-0.3, -0.25) is 0 Å². The van der Waals surface area contributed by atoms with E-state index < -0.39 is 0 Å². The summed E-state index contributed by atoms with van der Waals surface area (Å²) in [6, 6.07) is 6.44. The van der Waals surface area contributed by atoms with E-state index >= 15 is 0 Å². The van der Waals surface area contributed by atoms with Crippen LogP contribution >= 0.6 is 0 Å². The van der Waals surface area contributed by atoms with E-state index in [0.29, 0.717) is 22.8 Å². The van der Waals surface area contributed by atoms with Crippen LogP contribution in [0.2, 0.25) is 0 Å². The van der Waals surface area contributed by atoms with Gasteiger partial charge in [-0.05, 0) is 18.6 Å². The largest absolute Gasteiger partial charge is 0.497 e. The molecule has 0 saturated carbocycles. The highest BCUT2D eigenvalue weighted by Gasteiger charge is 2.08. The van der Waals surface area contributed by atoms with Gasteiger partial charge in [0.2, 0.25) is 0 Å². The molecule has 0 bridgehead atoms. The van der Waals surface area contributed by atoms with Crippen LogP contribution in [-0.4, -0.2) is 23.6 Å². The van der Waals surface area contributed by atoms with Crippen molar-refractivity contribution in [3.63, 3.8) is 0 Å². The van der Waals surface area contributed by atoms with E-state index in [2.05, 4.69) is 22.2 Å². The SMILES string of the molecule is CCCNc1cc(-c2ccc(OC)cc2F)ncn1. The Morgan fingerprint density at radius 1 is 1.26 bits per heavy atom. The second-order valence-electron chi connectivity index (χ2n) is 4.06. The molecule has 100 valence electrons. The van der Waals surface area contributed by atoms with Gasteiger partial charge in [-0.2, -0.15) is 0 Å². The van der Waals surface area contributed by atoms with Crippen molar-refractivity contribution in [2.75, 3.05) is 19.0 Å². The normalized spacial score (nSPS) is 10.3. The highest BCUT2D eigenvalue weighted by atomic mass is 19.1. The van der Waals surface area contributed by atoms with Gasteiger partial charge in [-0.25, -0.2) is 14.4 Å². The summed E-state index contributed by atoms with van der Waals surface area (Å²) in [6.07, 6.45) is 2.42. The van der Waals surface area contributed by atoms with E-state index in [1.807, 2.05) is 0 Å². The molecule has 1 N–H and O–H groups in total. The highest BCUT2D eigenvalue weighted by Crippen LogP contribution is 2.25. The van der Waals surface area contributed by atoms with Crippen LogP contribution in [0.5, 0.6) is 5.75 Å². The van der Waals surface area contributed by atoms with Crippen LogP contribution in [0.1, 0.15) is 13.3 Å². The highest BCUT2D eigenvalue weighted by molar-refractivity contribution is 5.63. The van der Waals surface area contributed by atoms with Gasteiger partial charge in [0.1, 0.15) is 23.7 Å². The third-order valence-corrected chi connectivity index (χ3v) is 2.68. The lowest BCUT2D eigenvalue weighted by molar-refractivity contribution is 0.411. The first-order chi connectivity index (χ1) is 9.24. The predicted octanol–water partition coefficient (Wildman–Crippen LogP) is 3.11. The van der Waals surface area contributed by atoms with Gasteiger partial charge in [0.05, 0.1) is 12.8 Å². The maximum atomic E-state index is 13.9. The van der Waals surface area contributed by atoms with Crippen molar-refractivity contribution >= 4 is 5.82 Å². The fourth-order valence-corrected chi connectivity index (χ4v) is 1.68. The second kappa shape index (κ2) is 6.13. The molecule has 5 heteroatoms. The molecule has 2 aromatic rings. The third kappa shape index (κ3) is 3.19. The molecule has 0 aliphatic rings. The fraction of sp³-hybridized carbons (Fsp3) is 0.286. The summed E-state index contributed by atoms with van der Waals surface area (Å²) >= 11 is 0. The molecule has 19 heavy (non-hydrogen) atoms. The number of hydrogen-bond acceptors (Lipinski definition) is 4. The summed E-state index contributed by atoms with van der Waals surface area (Å²) in [5, 5.41) is 3.15. The number of ether oxygens (including phenoxy) is 1. The molecule has 0 spiro atoms. The Hall–Kier alpha value is -2.17. The molecular weight excluding hydrogens is 245 g/mol. The van der Waals surface area contributed by atoms with Crippen molar-refractivity contribution in [2.45, 2.75) is 13.3 Å². The standard InChI is InChI=1S/C14H16FN3O/c1-3-6-16-14-8-13(17-9-18-14)11-5-4-10(19-2)7-12(11)15/h4-5,7-9H,3,6H2,1-2H3,(H,16,17,18). The maximum absolute atomic E-state index is 13.9. The van der Waals surface area contributed by atoms with Crippen molar-refractivity contribution in [1.29, 1.82) is 0 Å². The average molecular weight is 261 g/mol. The van der Waals surface area contributed by atoms with Gasteiger partial charge in [-0.15, -0.1) is 0 Å². The van der Waals surface area contributed by atoms with Crippen molar-refractivity contribution < 1.29 is 9.13 Å². The van der Waals surface area contributed by atoms with Gasteiger partial charge < -0.3 is 10.1 Å². The number of methoxy groups -OCH3 is 1. The van der Waals surface area contributed by atoms with E-state index in [0.717, 1.165) is 13.0 Å². The summed E-state index contributed by atoms with van der Waals surface area (Å²) in [4.78, 5) is 8.20. The molecule has 0 fully saturated rings. The number of halogens is 1. The van der Waals surface area contributed by atoms with Crippen molar-refractivity contribution in [3.8, 4) is 17.0 Å². The van der Waals surface area contributed by atoms with Crippen LogP contribution in [-0.2, 0) is 0 Å². The van der Waals surface area contributed by atoms with E-state index in [-0.39, 0.29) is 5.82 Å². The lowest BCUT2D eigenvalue weighted by atomic mass is 10.1. The molecule has 4 nitrogen and oxygen atoms in total. The van der Waals surface area contributed by atoms with Crippen molar-refractivity contribution in [3.05, 3.63) is 36.4 Å². The molecule has 0 aliphatic heterocycles. The van der Waals surface area contributed by atoms with Gasteiger partial charge in [0.15, 0.2) is 0 Å². The molecule has 0 radical (unpaired) electrons. The first kappa shape index (κ1) is 13.3. The maximum Gasteiger partial charge on any atom is 0.136 e. The smallest absolute Gasteiger partial charge is 0.136 e. The van der Waals surface area contributed by atoms with Crippen LogP contribution in [0.3, 0.4) is 0 Å². The first-order valence-electron chi connectivity index (χ1n) is 6.14. The van der Waals surface area contributed by atoms with E-state index in [1.54, 1.807) is 18.2 Å². The van der Waals surface area contributed by atoms with Gasteiger partial charge in [0.25, 0.3) is 0 Å². The van der Waals surface area contributed by atoms with Gasteiger partial charge in [0, 0.05) is 24.2 Å². The van der Waals surface area contributed by atoms with Gasteiger partial charge in [-0.1, -0.05) is 6.92 Å². The number of anilines is 1. The topological polar surface area (TPSA) is 47.0 Å². The zero-order valence-electron chi connectivity index (χ0n) is 11.0. The molecule has 2 rings (SSSR count). The van der Waals surface area contributed by atoms with Crippen LogP contribution < -0.4 is 10.1 Å². The minimum absolute atomic E-state index is 0.362. The molecule has 0 amide bonds. The first-order valence-corrected chi connectivity index (χ1v) is 6.14. The Labute approximate surface area is 111 Å². The molecule has 0 saturated heterocycles. The summed E-state index contributed by atoms with van der Waals surface area (Å²) in [7, 11) is 1.51. The third-order valence-electron chi connectivity index (χ3n) is 2.68. The van der Waals surface area contributed by atoms with Crippen LogP contribution in [0.25, 0.3) is 11.3 Å². The number of nitrogens with one attached hydrogen (secondary N) is 1. The Morgan fingerprint density at radius 2 is 2.11 bits per heavy atom. The number of benzene rings is 1. The summed E-state index contributed by atoms with van der Waals surface area (Å²) in [5.74, 6) is 0.821. The summed E-state index contributed by atoms with van der Waals surface area (Å²) < 4.78 is 18.9. The lowest BCUT2D eigenvalue weighted by Crippen LogP contribution is -2.02. The number of hydrogen-bond donors (Lipinski definition) is 1. The minimum Gasteiger partial charge on any atom is -0.497 e. The quantitative estimate of drug-likeness (QED) is 0.898. The number of rotatable bonds is 5. The second-order valence-corrected chi connectivity index (χ2v) is 4.06. The molecule has 0 unspecified atom stereocenters. The van der Waals surface area contributed by atoms with Crippen LogP contribution in [0, 0.1) is 5.82 Å². The summed E-state index contributed by atoms with van der Waals surface area (Å²) in [6.45, 7) is 2.89. The Bertz CT molecular complexity index is 560. The van der Waals surface area contributed by atoms with E-state index in [1.165, 1.54) is 19.5 Å². The number of aromatic nitrogens is 2. The molecule has 1 heterocycles.